The molecule has 0 aliphatic carbocycles. The molecule has 1 fully saturated rings. The fraction of sp³-hybridized carbons (Fsp3) is 0.381. The number of amides is 1. The summed E-state index contributed by atoms with van der Waals surface area (Å²) in [7, 11) is 1.67. The second kappa shape index (κ2) is 9.66. The maximum absolute atomic E-state index is 11.0. The minimum atomic E-state index is -0.748. The van der Waals surface area contributed by atoms with Crippen LogP contribution in [-0.4, -0.2) is 50.9 Å². The monoisotopic (exact) mass is 403 g/mol. The molecular weight excluding hydrogens is 378 g/mol. The Morgan fingerprint density at radius 3 is 2.39 bits per heavy atom. The number of rotatable bonds is 7. The van der Waals surface area contributed by atoms with Crippen LogP contribution < -0.4 is 15.4 Å². The van der Waals surface area contributed by atoms with Crippen molar-refractivity contribution in [3.63, 3.8) is 0 Å². The lowest BCUT2D eigenvalue weighted by Crippen LogP contribution is -2.48. The molecule has 1 saturated heterocycles. The lowest BCUT2D eigenvalue weighted by molar-refractivity contribution is 0.122. The van der Waals surface area contributed by atoms with Crippen LogP contribution >= 0.6 is 11.6 Å². The van der Waals surface area contributed by atoms with Gasteiger partial charge in [0.1, 0.15) is 5.75 Å². The van der Waals surface area contributed by atoms with Gasteiger partial charge in [0.15, 0.2) is 0 Å². The summed E-state index contributed by atoms with van der Waals surface area (Å²) in [6, 6.07) is 16.0. The third-order valence-corrected chi connectivity index (χ3v) is 5.44. The predicted octanol–water partition coefficient (Wildman–Crippen LogP) is 3.70. The molecule has 1 aliphatic heterocycles. The van der Waals surface area contributed by atoms with Crippen LogP contribution in [-0.2, 0) is 4.74 Å². The number of hydrogen-bond donors (Lipinski definition) is 1. The highest BCUT2D eigenvalue weighted by molar-refractivity contribution is 6.31. The first-order valence-electron chi connectivity index (χ1n) is 9.38. The molecular formula is C21H26ClN3O3. The van der Waals surface area contributed by atoms with E-state index < -0.39 is 6.09 Å². The Bertz CT molecular complexity index is 777. The van der Waals surface area contributed by atoms with Gasteiger partial charge in [-0.2, -0.15) is 0 Å². The average Bonchev–Trinajstić information content (AvgIpc) is 2.72. The zero-order chi connectivity index (χ0) is 19.9. The van der Waals surface area contributed by atoms with Crippen molar-refractivity contribution in [3.05, 3.63) is 59.1 Å². The normalized spacial score (nSPS) is 15.9. The zero-order valence-electron chi connectivity index (χ0n) is 16.0. The number of anilines is 1. The second-order valence-electron chi connectivity index (χ2n) is 6.71. The molecule has 2 aromatic carbocycles. The highest BCUT2D eigenvalue weighted by atomic mass is 35.5. The lowest BCUT2D eigenvalue weighted by atomic mass is 10.0. The lowest BCUT2D eigenvalue weighted by Gasteiger charge is -2.40. The molecule has 0 bridgehead atoms. The summed E-state index contributed by atoms with van der Waals surface area (Å²) in [5.41, 5.74) is 7.35. The van der Waals surface area contributed by atoms with Gasteiger partial charge < -0.3 is 20.1 Å². The minimum absolute atomic E-state index is 0.0751. The Morgan fingerprint density at radius 1 is 1.11 bits per heavy atom. The number of piperazine rings is 1. The van der Waals surface area contributed by atoms with Crippen molar-refractivity contribution in [2.45, 2.75) is 12.5 Å². The summed E-state index contributed by atoms with van der Waals surface area (Å²) in [4.78, 5) is 15.7. The SMILES string of the molecule is COc1ccc(N2CCN(C(CCOC(N)=O)c3ccccc3Cl)CC2)cc1. The molecule has 1 heterocycles. The Labute approximate surface area is 170 Å². The van der Waals surface area contributed by atoms with Gasteiger partial charge in [-0.15, -0.1) is 0 Å². The summed E-state index contributed by atoms with van der Waals surface area (Å²) >= 11 is 6.45. The molecule has 0 saturated carbocycles. The summed E-state index contributed by atoms with van der Waals surface area (Å²) in [6.45, 7) is 3.86. The van der Waals surface area contributed by atoms with Gasteiger partial charge in [0, 0.05) is 49.4 Å². The Hall–Kier alpha value is -2.44. The number of methoxy groups -OCH3 is 1. The van der Waals surface area contributed by atoms with Crippen molar-refractivity contribution < 1.29 is 14.3 Å². The molecule has 150 valence electrons. The van der Waals surface area contributed by atoms with Gasteiger partial charge in [-0.1, -0.05) is 29.8 Å². The highest BCUT2D eigenvalue weighted by Gasteiger charge is 2.26. The van der Waals surface area contributed by atoms with Gasteiger partial charge >= 0.3 is 6.09 Å². The first-order valence-corrected chi connectivity index (χ1v) is 9.76. The van der Waals surface area contributed by atoms with E-state index in [9.17, 15) is 4.79 Å². The Balaban J connectivity index is 1.67. The average molecular weight is 404 g/mol. The quantitative estimate of drug-likeness (QED) is 0.763. The topological polar surface area (TPSA) is 68.0 Å². The third-order valence-electron chi connectivity index (χ3n) is 5.09. The smallest absolute Gasteiger partial charge is 0.404 e. The first-order chi connectivity index (χ1) is 13.6. The van der Waals surface area contributed by atoms with Crippen LogP contribution in [0.2, 0.25) is 5.02 Å². The molecule has 1 unspecified atom stereocenters. The van der Waals surface area contributed by atoms with Gasteiger partial charge in [0.25, 0.3) is 0 Å². The maximum Gasteiger partial charge on any atom is 0.404 e. The van der Waals surface area contributed by atoms with E-state index in [0.717, 1.165) is 42.5 Å². The largest absolute Gasteiger partial charge is 0.497 e. The number of halogens is 1. The highest BCUT2D eigenvalue weighted by Crippen LogP contribution is 2.32. The van der Waals surface area contributed by atoms with E-state index in [2.05, 4.69) is 21.9 Å². The molecule has 0 radical (unpaired) electrons. The van der Waals surface area contributed by atoms with Crippen molar-refractivity contribution in [3.8, 4) is 5.75 Å². The van der Waals surface area contributed by atoms with Crippen molar-refractivity contribution in [2.24, 2.45) is 5.73 Å². The van der Waals surface area contributed by atoms with Crippen molar-refractivity contribution in [1.29, 1.82) is 0 Å². The molecule has 1 aliphatic rings. The van der Waals surface area contributed by atoms with Crippen molar-refractivity contribution >= 4 is 23.4 Å². The van der Waals surface area contributed by atoms with E-state index in [1.54, 1.807) is 7.11 Å². The zero-order valence-corrected chi connectivity index (χ0v) is 16.8. The molecule has 2 aromatic rings. The maximum atomic E-state index is 11.0. The van der Waals surface area contributed by atoms with Crippen LogP contribution in [0.15, 0.2) is 48.5 Å². The van der Waals surface area contributed by atoms with E-state index in [-0.39, 0.29) is 12.6 Å². The molecule has 2 N–H and O–H groups in total. The van der Waals surface area contributed by atoms with Crippen molar-refractivity contribution in [1.82, 2.24) is 4.90 Å². The number of primary amides is 1. The van der Waals surface area contributed by atoms with E-state index in [1.165, 1.54) is 5.69 Å². The van der Waals surface area contributed by atoms with Crippen LogP contribution in [0.25, 0.3) is 0 Å². The fourth-order valence-corrected chi connectivity index (χ4v) is 3.90. The predicted molar refractivity (Wildman–Crippen MR) is 111 cm³/mol. The Morgan fingerprint density at radius 2 is 1.79 bits per heavy atom. The molecule has 3 rings (SSSR count). The molecule has 28 heavy (non-hydrogen) atoms. The van der Waals surface area contributed by atoms with Gasteiger partial charge in [0.2, 0.25) is 0 Å². The van der Waals surface area contributed by atoms with Crippen LogP contribution in [0.1, 0.15) is 18.0 Å². The van der Waals surface area contributed by atoms with Gasteiger partial charge in [-0.3, -0.25) is 4.90 Å². The van der Waals surface area contributed by atoms with E-state index in [4.69, 9.17) is 26.8 Å². The van der Waals surface area contributed by atoms with E-state index >= 15 is 0 Å². The first kappa shape index (κ1) is 20.3. The van der Waals surface area contributed by atoms with Crippen LogP contribution in [0.4, 0.5) is 10.5 Å². The van der Waals surface area contributed by atoms with E-state index in [1.807, 2.05) is 36.4 Å². The number of benzene rings is 2. The second-order valence-corrected chi connectivity index (χ2v) is 7.12. The molecule has 7 heteroatoms. The summed E-state index contributed by atoms with van der Waals surface area (Å²) in [5, 5.41) is 0.726. The standard InChI is InChI=1S/C21H26ClN3O3/c1-27-17-8-6-16(7-9-17)24-11-13-25(14-12-24)20(10-15-28-21(23)26)18-4-2-3-5-19(18)22/h2-9,20H,10-15H2,1H3,(H2,23,26). The molecule has 0 spiro atoms. The Kier molecular flexibility index (Phi) is 7.01. The number of carbonyl (C=O) groups excluding carboxylic acids is 1. The third kappa shape index (κ3) is 5.09. The van der Waals surface area contributed by atoms with Crippen LogP contribution in [0, 0.1) is 0 Å². The van der Waals surface area contributed by atoms with Gasteiger partial charge in [-0.25, -0.2) is 4.79 Å². The molecule has 1 amide bonds. The van der Waals surface area contributed by atoms with Gasteiger partial charge in [0.05, 0.1) is 13.7 Å². The number of nitrogens with zero attached hydrogens (tertiary/aromatic N) is 2. The summed E-state index contributed by atoms with van der Waals surface area (Å²) in [6.07, 6.45) is -0.0999. The van der Waals surface area contributed by atoms with Crippen molar-refractivity contribution in [2.75, 3.05) is 44.8 Å². The summed E-state index contributed by atoms with van der Waals surface area (Å²) < 4.78 is 10.2. The number of carbonyl (C=O) groups is 1. The summed E-state index contributed by atoms with van der Waals surface area (Å²) in [5.74, 6) is 0.857. The van der Waals surface area contributed by atoms with Gasteiger partial charge in [-0.05, 0) is 35.9 Å². The number of ether oxygens (including phenoxy) is 2. The molecule has 6 nitrogen and oxygen atoms in total. The molecule has 1 atom stereocenters. The molecule has 0 aromatic heterocycles. The minimum Gasteiger partial charge on any atom is -0.497 e. The number of hydrogen-bond acceptors (Lipinski definition) is 5. The fourth-order valence-electron chi connectivity index (χ4n) is 3.64. The van der Waals surface area contributed by atoms with Crippen LogP contribution in [0.3, 0.4) is 0 Å². The number of nitrogens with two attached hydrogens (primary N) is 1. The van der Waals surface area contributed by atoms with Crippen LogP contribution in [0.5, 0.6) is 5.75 Å². The van der Waals surface area contributed by atoms with E-state index in [0.29, 0.717) is 6.42 Å².